The van der Waals surface area contributed by atoms with E-state index in [1.807, 2.05) is 0 Å². The van der Waals surface area contributed by atoms with Gasteiger partial charge in [-0.3, -0.25) is 0 Å². The molecule has 1 fully saturated rings. The fraction of sp³-hybridized carbons (Fsp3) is 0.357. The molecule has 1 aromatic heterocycles. The lowest BCUT2D eigenvalue weighted by atomic mass is 9.98. The Morgan fingerprint density at radius 2 is 1.79 bits per heavy atom. The zero-order valence-electron chi connectivity index (χ0n) is 10.4. The molecule has 2 N–H and O–H groups in total. The summed E-state index contributed by atoms with van der Waals surface area (Å²) >= 11 is 0. The van der Waals surface area contributed by atoms with E-state index in [0.29, 0.717) is 11.6 Å². The van der Waals surface area contributed by atoms with Crippen LogP contribution in [0.2, 0.25) is 0 Å². The Morgan fingerprint density at radius 3 is 2.47 bits per heavy atom. The highest BCUT2D eigenvalue weighted by Crippen LogP contribution is 2.28. The normalized spacial score (nSPS) is 16.7. The maximum atomic E-state index is 13.7. The topological polar surface area (TPSA) is 40.7 Å². The third kappa shape index (κ3) is 2.38. The summed E-state index contributed by atoms with van der Waals surface area (Å²) in [5.41, 5.74) is 0.374. The van der Waals surface area contributed by atoms with Gasteiger partial charge in [-0.1, -0.05) is 6.07 Å². The molecule has 1 aliphatic rings. The van der Waals surface area contributed by atoms with Gasteiger partial charge in [0, 0.05) is 5.92 Å². The molecule has 2 heterocycles. The van der Waals surface area contributed by atoms with E-state index in [1.165, 1.54) is 24.4 Å². The van der Waals surface area contributed by atoms with Crippen molar-refractivity contribution in [2.75, 3.05) is 13.1 Å². The molecular formula is C14H15F2N3. The summed E-state index contributed by atoms with van der Waals surface area (Å²) in [5, 5.41) is 3.28. The summed E-state index contributed by atoms with van der Waals surface area (Å²) in [4.78, 5) is 7.34. The van der Waals surface area contributed by atoms with Gasteiger partial charge in [-0.25, -0.2) is 13.8 Å². The average Bonchev–Trinajstić information content (AvgIpc) is 2.89. The molecule has 1 aliphatic heterocycles. The van der Waals surface area contributed by atoms with E-state index in [0.717, 1.165) is 31.8 Å². The van der Waals surface area contributed by atoms with Crippen LogP contribution in [-0.2, 0) is 0 Å². The second-order valence-corrected chi connectivity index (χ2v) is 4.80. The quantitative estimate of drug-likeness (QED) is 0.874. The highest BCUT2D eigenvalue weighted by Gasteiger charge is 2.20. The standard InChI is InChI=1S/C14H15F2N3/c15-10-2-1-3-11(16)13(10)12-8-18-14(19-12)9-4-6-17-7-5-9/h1-3,8-9,17H,4-7H2,(H,18,19). The Kier molecular flexibility index (Phi) is 3.29. The van der Waals surface area contributed by atoms with Crippen molar-refractivity contribution in [2.45, 2.75) is 18.8 Å². The Balaban J connectivity index is 1.92. The lowest BCUT2D eigenvalue weighted by Gasteiger charge is -2.20. The lowest BCUT2D eigenvalue weighted by molar-refractivity contribution is 0.447. The van der Waals surface area contributed by atoms with Crippen LogP contribution in [0.4, 0.5) is 8.78 Å². The van der Waals surface area contributed by atoms with Crippen LogP contribution in [0, 0.1) is 11.6 Å². The van der Waals surface area contributed by atoms with Crippen LogP contribution in [0.25, 0.3) is 11.3 Å². The van der Waals surface area contributed by atoms with Crippen LogP contribution in [-0.4, -0.2) is 23.1 Å². The minimum atomic E-state index is -0.569. The molecule has 2 aromatic rings. The van der Waals surface area contributed by atoms with Crippen LogP contribution in [0.3, 0.4) is 0 Å². The Bertz CT molecular complexity index is 554. The zero-order chi connectivity index (χ0) is 13.2. The summed E-state index contributed by atoms with van der Waals surface area (Å²) in [6, 6.07) is 3.87. The van der Waals surface area contributed by atoms with Gasteiger partial charge >= 0.3 is 0 Å². The SMILES string of the molecule is Fc1cccc(F)c1-c1cnc(C2CCNCC2)[nH]1. The molecule has 1 aromatic carbocycles. The minimum absolute atomic E-state index is 0.0322. The van der Waals surface area contributed by atoms with Crippen LogP contribution in [0.15, 0.2) is 24.4 Å². The summed E-state index contributed by atoms with van der Waals surface area (Å²) in [6.07, 6.45) is 3.50. The number of aromatic amines is 1. The van der Waals surface area contributed by atoms with Crippen molar-refractivity contribution < 1.29 is 8.78 Å². The average molecular weight is 263 g/mol. The van der Waals surface area contributed by atoms with E-state index < -0.39 is 11.6 Å². The molecule has 0 radical (unpaired) electrons. The first-order valence-corrected chi connectivity index (χ1v) is 6.45. The summed E-state index contributed by atoms with van der Waals surface area (Å²) in [7, 11) is 0. The smallest absolute Gasteiger partial charge is 0.135 e. The fourth-order valence-corrected chi connectivity index (χ4v) is 2.52. The van der Waals surface area contributed by atoms with Gasteiger partial charge in [0.15, 0.2) is 0 Å². The van der Waals surface area contributed by atoms with Crippen molar-refractivity contribution >= 4 is 0 Å². The van der Waals surface area contributed by atoms with Gasteiger partial charge in [-0.05, 0) is 38.1 Å². The van der Waals surface area contributed by atoms with Crippen LogP contribution >= 0.6 is 0 Å². The highest BCUT2D eigenvalue weighted by molar-refractivity contribution is 5.60. The number of rotatable bonds is 2. The maximum absolute atomic E-state index is 13.7. The van der Waals surface area contributed by atoms with Crippen molar-refractivity contribution in [3.05, 3.63) is 41.9 Å². The second kappa shape index (κ2) is 5.09. The largest absolute Gasteiger partial charge is 0.342 e. The maximum Gasteiger partial charge on any atom is 0.135 e. The number of imidazole rings is 1. The number of halogens is 2. The molecule has 5 heteroatoms. The van der Waals surface area contributed by atoms with Crippen LogP contribution < -0.4 is 5.32 Å². The molecular weight excluding hydrogens is 248 g/mol. The molecule has 3 rings (SSSR count). The number of piperidine rings is 1. The van der Waals surface area contributed by atoms with Gasteiger partial charge in [0.2, 0.25) is 0 Å². The molecule has 0 spiro atoms. The first kappa shape index (κ1) is 12.3. The molecule has 0 bridgehead atoms. The Morgan fingerprint density at radius 1 is 1.11 bits per heavy atom. The third-order valence-corrected chi connectivity index (χ3v) is 3.55. The number of benzene rings is 1. The first-order chi connectivity index (χ1) is 9.25. The van der Waals surface area contributed by atoms with Crippen LogP contribution in [0.1, 0.15) is 24.6 Å². The molecule has 3 nitrogen and oxygen atoms in total. The van der Waals surface area contributed by atoms with E-state index in [4.69, 9.17) is 0 Å². The number of nitrogens with one attached hydrogen (secondary N) is 2. The lowest BCUT2D eigenvalue weighted by Crippen LogP contribution is -2.27. The second-order valence-electron chi connectivity index (χ2n) is 4.80. The number of hydrogen-bond donors (Lipinski definition) is 2. The molecule has 0 saturated carbocycles. The zero-order valence-corrected chi connectivity index (χ0v) is 10.4. The molecule has 0 aliphatic carbocycles. The number of aromatic nitrogens is 2. The Labute approximate surface area is 110 Å². The summed E-state index contributed by atoms with van der Waals surface area (Å²) in [5.74, 6) is 0.0185. The van der Waals surface area contributed by atoms with E-state index in [-0.39, 0.29) is 5.56 Å². The molecule has 0 atom stereocenters. The molecule has 0 unspecified atom stereocenters. The highest BCUT2D eigenvalue weighted by atomic mass is 19.1. The Hall–Kier alpha value is -1.75. The predicted molar refractivity (Wildman–Crippen MR) is 68.8 cm³/mol. The van der Waals surface area contributed by atoms with Gasteiger partial charge in [0.1, 0.15) is 17.5 Å². The number of H-pyrrole nitrogens is 1. The van der Waals surface area contributed by atoms with Crippen molar-refractivity contribution in [1.29, 1.82) is 0 Å². The summed E-state index contributed by atoms with van der Waals surface area (Å²) in [6.45, 7) is 1.91. The van der Waals surface area contributed by atoms with E-state index in [2.05, 4.69) is 15.3 Å². The van der Waals surface area contributed by atoms with Crippen molar-refractivity contribution in [3.63, 3.8) is 0 Å². The van der Waals surface area contributed by atoms with Crippen molar-refractivity contribution in [1.82, 2.24) is 15.3 Å². The van der Waals surface area contributed by atoms with Gasteiger partial charge in [0.25, 0.3) is 0 Å². The number of hydrogen-bond acceptors (Lipinski definition) is 2. The summed E-state index contributed by atoms with van der Waals surface area (Å²) < 4.78 is 27.4. The third-order valence-electron chi connectivity index (χ3n) is 3.55. The predicted octanol–water partition coefficient (Wildman–Crippen LogP) is 2.82. The van der Waals surface area contributed by atoms with Gasteiger partial charge in [-0.2, -0.15) is 0 Å². The minimum Gasteiger partial charge on any atom is -0.342 e. The molecule has 1 saturated heterocycles. The van der Waals surface area contributed by atoms with Crippen molar-refractivity contribution in [3.8, 4) is 11.3 Å². The van der Waals surface area contributed by atoms with Gasteiger partial charge in [-0.15, -0.1) is 0 Å². The molecule has 100 valence electrons. The monoisotopic (exact) mass is 263 g/mol. The molecule has 0 amide bonds. The fourth-order valence-electron chi connectivity index (χ4n) is 2.52. The van der Waals surface area contributed by atoms with Gasteiger partial charge in [0.05, 0.1) is 17.5 Å². The van der Waals surface area contributed by atoms with Crippen LogP contribution in [0.5, 0.6) is 0 Å². The van der Waals surface area contributed by atoms with E-state index >= 15 is 0 Å². The number of nitrogens with zero attached hydrogens (tertiary/aromatic N) is 1. The molecule has 19 heavy (non-hydrogen) atoms. The van der Waals surface area contributed by atoms with E-state index in [1.54, 1.807) is 0 Å². The first-order valence-electron chi connectivity index (χ1n) is 6.45. The van der Waals surface area contributed by atoms with Crippen molar-refractivity contribution in [2.24, 2.45) is 0 Å². The van der Waals surface area contributed by atoms with E-state index in [9.17, 15) is 8.78 Å². The van der Waals surface area contributed by atoms with Gasteiger partial charge < -0.3 is 10.3 Å².